The van der Waals surface area contributed by atoms with Gasteiger partial charge < -0.3 is 15.3 Å². The molecule has 2 aromatic carbocycles. The minimum absolute atomic E-state index is 0.0294. The average Bonchev–Trinajstić information content (AvgIpc) is 2.68. The summed E-state index contributed by atoms with van der Waals surface area (Å²) in [4.78, 5) is 10.8. The third-order valence-corrected chi connectivity index (χ3v) is 5.61. The van der Waals surface area contributed by atoms with Crippen LogP contribution in [0.2, 0.25) is 0 Å². The molecule has 0 saturated heterocycles. The molecule has 0 unspecified atom stereocenters. The van der Waals surface area contributed by atoms with E-state index in [9.17, 15) is 23.8 Å². The van der Waals surface area contributed by atoms with Crippen LogP contribution in [0.5, 0.6) is 0 Å². The molecule has 0 amide bonds. The predicted molar refractivity (Wildman–Crippen MR) is 121 cm³/mol. The molecule has 0 spiro atoms. The summed E-state index contributed by atoms with van der Waals surface area (Å²) in [6, 6.07) is 9.75. The monoisotopic (exact) mass is 446 g/mol. The molecule has 0 fully saturated rings. The minimum Gasteiger partial charge on any atom is -0.481 e. The van der Waals surface area contributed by atoms with Crippen LogP contribution in [0.25, 0.3) is 5.57 Å². The van der Waals surface area contributed by atoms with Crippen LogP contribution in [0.3, 0.4) is 0 Å². The summed E-state index contributed by atoms with van der Waals surface area (Å²) in [5.41, 5.74) is 4.48. The second-order valence-electron chi connectivity index (χ2n) is 8.66. The van der Waals surface area contributed by atoms with Crippen LogP contribution >= 0.6 is 0 Å². The van der Waals surface area contributed by atoms with Crippen LogP contribution in [0.15, 0.2) is 42.0 Å². The van der Waals surface area contributed by atoms with Gasteiger partial charge in [-0.25, -0.2) is 8.78 Å². The van der Waals surface area contributed by atoms with E-state index in [0.717, 1.165) is 22.3 Å². The number of carbonyl (C=O) groups is 1. The second-order valence-corrected chi connectivity index (χ2v) is 8.66. The summed E-state index contributed by atoms with van der Waals surface area (Å²) in [6.45, 7) is 7.42. The van der Waals surface area contributed by atoms with Crippen molar-refractivity contribution in [3.05, 3.63) is 75.9 Å². The maximum Gasteiger partial charge on any atom is 0.305 e. The van der Waals surface area contributed by atoms with Gasteiger partial charge in [-0.2, -0.15) is 0 Å². The maximum atomic E-state index is 13.9. The van der Waals surface area contributed by atoms with E-state index in [4.69, 9.17) is 5.11 Å². The summed E-state index contributed by atoms with van der Waals surface area (Å²) in [6.07, 6.45) is -1.62. The molecule has 0 aromatic heterocycles. The Bertz CT molecular complexity index is 928. The number of aliphatic carboxylic acids is 1. The number of carboxylic acid groups (broad SMARTS) is 1. The Balaban J connectivity index is 2.47. The fourth-order valence-electron chi connectivity index (χ4n) is 3.88. The van der Waals surface area contributed by atoms with Crippen LogP contribution < -0.4 is 0 Å². The molecule has 0 aliphatic heterocycles. The van der Waals surface area contributed by atoms with E-state index in [1.807, 2.05) is 13.8 Å². The molecule has 0 heterocycles. The SMILES string of the molecule is Cc1cc(C(=C(CC[C@@H](O)C[C@@H](O)CC(=O)O)C(C)C)c2ccc(F)c(C)c2)ccc1F. The first-order chi connectivity index (χ1) is 15.0. The zero-order valence-electron chi connectivity index (χ0n) is 19.0. The molecule has 174 valence electrons. The highest BCUT2D eigenvalue weighted by molar-refractivity contribution is 5.83. The molecule has 2 aromatic rings. The highest BCUT2D eigenvalue weighted by Crippen LogP contribution is 2.35. The molecule has 6 heteroatoms. The summed E-state index contributed by atoms with van der Waals surface area (Å²) < 4.78 is 27.9. The number of hydrogen-bond donors (Lipinski definition) is 3. The van der Waals surface area contributed by atoms with E-state index in [1.54, 1.807) is 38.1 Å². The van der Waals surface area contributed by atoms with E-state index in [-0.39, 0.29) is 24.0 Å². The van der Waals surface area contributed by atoms with Crippen LogP contribution in [0, 0.1) is 31.4 Å². The number of hydrogen-bond acceptors (Lipinski definition) is 3. The van der Waals surface area contributed by atoms with Crippen molar-refractivity contribution in [3.63, 3.8) is 0 Å². The van der Waals surface area contributed by atoms with E-state index in [1.165, 1.54) is 12.1 Å². The maximum absolute atomic E-state index is 13.9. The first-order valence-electron chi connectivity index (χ1n) is 10.8. The van der Waals surface area contributed by atoms with Crippen LogP contribution in [0.1, 0.15) is 61.8 Å². The van der Waals surface area contributed by atoms with E-state index in [2.05, 4.69) is 0 Å². The summed E-state index contributed by atoms with van der Waals surface area (Å²) in [5.74, 6) is -1.65. The highest BCUT2D eigenvalue weighted by Gasteiger charge is 2.20. The summed E-state index contributed by atoms with van der Waals surface area (Å²) >= 11 is 0. The van der Waals surface area contributed by atoms with Gasteiger partial charge in [0.15, 0.2) is 0 Å². The minimum atomic E-state index is -1.12. The number of benzene rings is 2. The Morgan fingerprint density at radius 2 is 1.41 bits per heavy atom. The van der Waals surface area contributed by atoms with Crippen molar-refractivity contribution in [2.75, 3.05) is 0 Å². The molecule has 2 rings (SSSR count). The largest absolute Gasteiger partial charge is 0.481 e. The number of aliphatic hydroxyl groups is 2. The fourth-order valence-corrected chi connectivity index (χ4v) is 3.88. The van der Waals surface area contributed by atoms with E-state index >= 15 is 0 Å². The van der Waals surface area contributed by atoms with Gasteiger partial charge in [-0.1, -0.05) is 31.6 Å². The van der Waals surface area contributed by atoms with Gasteiger partial charge in [-0.3, -0.25) is 4.79 Å². The topological polar surface area (TPSA) is 77.8 Å². The Kier molecular flexibility index (Phi) is 9.10. The molecule has 2 atom stereocenters. The molecule has 0 aliphatic rings. The van der Waals surface area contributed by atoms with E-state index in [0.29, 0.717) is 24.0 Å². The van der Waals surface area contributed by atoms with Crippen molar-refractivity contribution >= 4 is 11.5 Å². The zero-order valence-corrected chi connectivity index (χ0v) is 19.0. The first kappa shape index (κ1) is 25.7. The van der Waals surface area contributed by atoms with Gasteiger partial charge in [0, 0.05) is 0 Å². The number of aliphatic hydroxyl groups excluding tert-OH is 2. The standard InChI is InChI=1S/C26H32F2O4/c1-15(2)22(8-7-20(29)13-21(30)14-25(31)32)26(18-5-9-23(27)16(3)11-18)19-6-10-24(28)17(4)12-19/h5-6,9-12,15,20-21,29-30H,7-8,13-14H2,1-4H3,(H,31,32)/t20-,21-/m1/s1. The van der Waals surface area contributed by atoms with Gasteiger partial charge in [-0.05, 0) is 91.1 Å². The number of allylic oxidation sites excluding steroid dienone is 1. The number of carboxylic acids is 1. The van der Waals surface area contributed by atoms with Gasteiger partial charge in [-0.15, -0.1) is 0 Å². The van der Waals surface area contributed by atoms with Gasteiger partial charge in [0.2, 0.25) is 0 Å². The van der Waals surface area contributed by atoms with Gasteiger partial charge in [0.25, 0.3) is 0 Å². The number of rotatable bonds is 10. The quantitative estimate of drug-likeness (QED) is 0.456. The van der Waals surface area contributed by atoms with Crippen molar-refractivity contribution < 1.29 is 28.9 Å². The molecule has 4 nitrogen and oxygen atoms in total. The molecule has 0 bridgehead atoms. The smallest absolute Gasteiger partial charge is 0.305 e. The third kappa shape index (κ3) is 6.97. The molecule has 0 radical (unpaired) electrons. The molecule has 3 N–H and O–H groups in total. The van der Waals surface area contributed by atoms with Crippen molar-refractivity contribution in [2.24, 2.45) is 5.92 Å². The van der Waals surface area contributed by atoms with E-state index < -0.39 is 24.6 Å². The lowest BCUT2D eigenvalue weighted by Crippen LogP contribution is -2.21. The Labute approximate surface area is 188 Å². The lowest BCUT2D eigenvalue weighted by Gasteiger charge is -2.22. The van der Waals surface area contributed by atoms with Gasteiger partial charge in [0.05, 0.1) is 18.6 Å². The lowest BCUT2D eigenvalue weighted by molar-refractivity contribution is -0.139. The highest BCUT2D eigenvalue weighted by atomic mass is 19.1. The van der Waals surface area contributed by atoms with Crippen molar-refractivity contribution in [3.8, 4) is 0 Å². The number of halogens is 2. The molecular weight excluding hydrogens is 414 g/mol. The fraction of sp³-hybridized carbons (Fsp3) is 0.423. The second kappa shape index (κ2) is 11.3. The third-order valence-electron chi connectivity index (χ3n) is 5.61. The van der Waals surface area contributed by atoms with Crippen LogP contribution in [-0.2, 0) is 4.79 Å². The summed E-state index contributed by atoms with van der Waals surface area (Å²) in [7, 11) is 0. The van der Waals surface area contributed by atoms with Crippen molar-refractivity contribution in [1.29, 1.82) is 0 Å². The average molecular weight is 447 g/mol. The summed E-state index contributed by atoms with van der Waals surface area (Å²) in [5, 5.41) is 29.0. The zero-order chi connectivity index (χ0) is 24.0. The Morgan fingerprint density at radius 1 is 0.906 bits per heavy atom. The molecule has 32 heavy (non-hydrogen) atoms. The predicted octanol–water partition coefficient (Wildman–Crippen LogP) is 5.41. The molecular formula is C26H32F2O4. The Hall–Kier alpha value is -2.57. The Morgan fingerprint density at radius 3 is 1.81 bits per heavy atom. The van der Waals surface area contributed by atoms with Crippen LogP contribution in [-0.4, -0.2) is 33.5 Å². The van der Waals surface area contributed by atoms with Crippen molar-refractivity contribution in [2.45, 2.75) is 65.6 Å². The van der Waals surface area contributed by atoms with Gasteiger partial charge >= 0.3 is 5.97 Å². The molecule has 0 aliphatic carbocycles. The lowest BCUT2D eigenvalue weighted by atomic mass is 9.84. The van der Waals surface area contributed by atoms with Crippen LogP contribution in [0.4, 0.5) is 8.78 Å². The van der Waals surface area contributed by atoms with Gasteiger partial charge in [0.1, 0.15) is 11.6 Å². The van der Waals surface area contributed by atoms with Crippen molar-refractivity contribution in [1.82, 2.24) is 0 Å². The normalized spacial score (nSPS) is 13.2. The first-order valence-corrected chi connectivity index (χ1v) is 10.8. The number of aryl methyl sites for hydroxylation is 2. The molecule has 0 saturated carbocycles.